The molecule has 0 amide bonds. The van der Waals surface area contributed by atoms with Crippen LogP contribution in [-0.4, -0.2) is 54.2 Å². The van der Waals surface area contributed by atoms with Crippen LogP contribution in [0.2, 0.25) is 0 Å². The van der Waals surface area contributed by atoms with E-state index < -0.39 is 0 Å². The van der Waals surface area contributed by atoms with Crippen LogP contribution in [0.15, 0.2) is 30.6 Å². The van der Waals surface area contributed by atoms with Crippen molar-refractivity contribution < 1.29 is 4.74 Å². The molecule has 6 heteroatoms. The first kappa shape index (κ1) is 14.5. The third kappa shape index (κ3) is 3.32. The van der Waals surface area contributed by atoms with Crippen molar-refractivity contribution in [2.75, 3.05) is 49.2 Å². The van der Waals surface area contributed by atoms with E-state index in [4.69, 9.17) is 4.74 Å². The van der Waals surface area contributed by atoms with Gasteiger partial charge in [-0.3, -0.25) is 4.68 Å². The van der Waals surface area contributed by atoms with Crippen LogP contribution in [0, 0.1) is 0 Å². The van der Waals surface area contributed by atoms with Gasteiger partial charge in [0, 0.05) is 44.6 Å². The quantitative estimate of drug-likeness (QED) is 0.861. The molecule has 23 heavy (non-hydrogen) atoms. The fourth-order valence-corrected chi connectivity index (χ4v) is 3.23. The highest BCUT2D eigenvalue weighted by molar-refractivity contribution is 5.40. The summed E-state index contributed by atoms with van der Waals surface area (Å²) in [5.41, 5.74) is 1.18. The van der Waals surface area contributed by atoms with Gasteiger partial charge >= 0.3 is 0 Å². The van der Waals surface area contributed by atoms with Crippen LogP contribution in [0.1, 0.15) is 18.4 Å². The van der Waals surface area contributed by atoms with Crippen LogP contribution in [-0.2, 0) is 11.3 Å². The predicted octanol–water partition coefficient (Wildman–Crippen LogP) is 1.76. The lowest BCUT2D eigenvalue weighted by Gasteiger charge is -2.26. The van der Waals surface area contributed by atoms with Gasteiger partial charge in [0.2, 0.25) is 0 Å². The molecule has 4 heterocycles. The minimum Gasteiger partial charge on any atom is -0.378 e. The second-order valence-electron chi connectivity index (χ2n) is 6.19. The summed E-state index contributed by atoms with van der Waals surface area (Å²) < 4.78 is 7.37. The standard InChI is InChI=1S/C17H23N5O/c1-2-7-20(6-1)16-4-3-15(13-18-16)14-22-8-5-17(19-22)21-9-11-23-12-10-21/h3-5,8,13H,1-2,6-7,9-12,14H2. The first-order valence-electron chi connectivity index (χ1n) is 8.44. The molecule has 4 rings (SSSR count). The Balaban J connectivity index is 1.40. The van der Waals surface area contributed by atoms with Gasteiger partial charge in [0.1, 0.15) is 5.82 Å². The number of morpholine rings is 1. The number of ether oxygens (including phenoxy) is 1. The summed E-state index contributed by atoms with van der Waals surface area (Å²) >= 11 is 0. The second kappa shape index (κ2) is 6.58. The van der Waals surface area contributed by atoms with Crippen molar-refractivity contribution >= 4 is 11.6 Å². The van der Waals surface area contributed by atoms with Crippen molar-refractivity contribution in [1.82, 2.24) is 14.8 Å². The van der Waals surface area contributed by atoms with Crippen LogP contribution >= 0.6 is 0 Å². The first-order chi connectivity index (χ1) is 11.4. The lowest BCUT2D eigenvalue weighted by atomic mass is 10.3. The fraction of sp³-hybridized carbons (Fsp3) is 0.529. The third-order valence-corrected chi connectivity index (χ3v) is 4.55. The van der Waals surface area contributed by atoms with Crippen molar-refractivity contribution in [3.8, 4) is 0 Å². The zero-order valence-corrected chi connectivity index (χ0v) is 13.4. The highest BCUT2D eigenvalue weighted by Gasteiger charge is 2.14. The number of aromatic nitrogens is 3. The lowest BCUT2D eigenvalue weighted by Crippen LogP contribution is -2.36. The number of rotatable bonds is 4. The molecule has 2 aliphatic rings. The molecule has 6 nitrogen and oxygen atoms in total. The maximum absolute atomic E-state index is 5.39. The Morgan fingerprint density at radius 1 is 0.913 bits per heavy atom. The number of hydrogen-bond donors (Lipinski definition) is 0. The molecule has 0 radical (unpaired) electrons. The van der Waals surface area contributed by atoms with Gasteiger partial charge in [0.15, 0.2) is 5.82 Å². The largest absolute Gasteiger partial charge is 0.378 e. The van der Waals surface area contributed by atoms with Crippen molar-refractivity contribution in [2.24, 2.45) is 0 Å². The van der Waals surface area contributed by atoms with Crippen LogP contribution < -0.4 is 9.80 Å². The van der Waals surface area contributed by atoms with Crippen LogP contribution in [0.5, 0.6) is 0 Å². The van der Waals surface area contributed by atoms with E-state index >= 15 is 0 Å². The first-order valence-corrected chi connectivity index (χ1v) is 8.44. The molecule has 0 aromatic carbocycles. The van der Waals surface area contributed by atoms with E-state index in [0.717, 1.165) is 57.6 Å². The maximum Gasteiger partial charge on any atom is 0.150 e. The number of anilines is 2. The van der Waals surface area contributed by atoms with Crippen LogP contribution in [0.25, 0.3) is 0 Å². The van der Waals surface area contributed by atoms with Gasteiger partial charge in [-0.2, -0.15) is 5.10 Å². The maximum atomic E-state index is 5.39. The summed E-state index contributed by atoms with van der Waals surface area (Å²) in [5, 5.41) is 4.68. The van der Waals surface area contributed by atoms with E-state index in [1.54, 1.807) is 0 Å². The summed E-state index contributed by atoms with van der Waals surface area (Å²) in [7, 11) is 0. The molecule has 0 aliphatic carbocycles. The molecular weight excluding hydrogens is 290 g/mol. The van der Waals surface area contributed by atoms with Gasteiger partial charge in [-0.15, -0.1) is 0 Å². The summed E-state index contributed by atoms with van der Waals surface area (Å²) in [6.07, 6.45) is 6.57. The SMILES string of the molecule is c1cc(N2CCCC2)ncc1Cn1ccc(N2CCOCC2)n1. The average molecular weight is 313 g/mol. The van der Waals surface area contributed by atoms with Gasteiger partial charge < -0.3 is 14.5 Å². The Kier molecular flexibility index (Phi) is 4.15. The molecule has 122 valence electrons. The molecule has 0 bridgehead atoms. The molecule has 2 fully saturated rings. The van der Waals surface area contributed by atoms with Crippen LogP contribution in [0.4, 0.5) is 11.6 Å². The second-order valence-corrected chi connectivity index (χ2v) is 6.19. The van der Waals surface area contributed by atoms with Crippen molar-refractivity contribution in [2.45, 2.75) is 19.4 Å². The Hall–Kier alpha value is -2.08. The van der Waals surface area contributed by atoms with Gasteiger partial charge in [-0.1, -0.05) is 6.07 Å². The highest BCUT2D eigenvalue weighted by atomic mass is 16.5. The molecular formula is C17H23N5O. The summed E-state index contributed by atoms with van der Waals surface area (Å²) in [5.74, 6) is 2.13. The highest BCUT2D eigenvalue weighted by Crippen LogP contribution is 2.18. The summed E-state index contributed by atoms with van der Waals surface area (Å²) in [6.45, 7) is 6.44. The normalized spacial score (nSPS) is 18.6. The van der Waals surface area contributed by atoms with E-state index in [1.165, 1.54) is 18.4 Å². The topological polar surface area (TPSA) is 46.4 Å². The van der Waals surface area contributed by atoms with Gasteiger partial charge in [0.05, 0.1) is 19.8 Å². The van der Waals surface area contributed by atoms with E-state index in [0.29, 0.717) is 0 Å². The third-order valence-electron chi connectivity index (χ3n) is 4.55. The monoisotopic (exact) mass is 313 g/mol. The molecule has 0 N–H and O–H groups in total. The zero-order chi connectivity index (χ0) is 15.5. The van der Waals surface area contributed by atoms with Gasteiger partial charge in [0.25, 0.3) is 0 Å². The Morgan fingerprint density at radius 3 is 2.43 bits per heavy atom. The van der Waals surface area contributed by atoms with E-state index in [9.17, 15) is 0 Å². The van der Waals surface area contributed by atoms with Crippen molar-refractivity contribution in [1.29, 1.82) is 0 Å². The van der Waals surface area contributed by atoms with E-state index in [-0.39, 0.29) is 0 Å². The molecule has 2 aromatic rings. The van der Waals surface area contributed by atoms with E-state index in [1.807, 2.05) is 17.1 Å². The molecule has 0 atom stereocenters. The minimum atomic E-state index is 0.762. The molecule has 0 unspecified atom stereocenters. The van der Waals surface area contributed by atoms with Crippen molar-refractivity contribution in [3.63, 3.8) is 0 Å². The number of nitrogens with zero attached hydrogens (tertiary/aromatic N) is 5. The Morgan fingerprint density at radius 2 is 1.70 bits per heavy atom. The number of hydrogen-bond acceptors (Lipinski definition) is 5. The summed E-state index contributed by atoms with van der Waals surface area (Å²) in [4.78, 5) is 9.24. The Bertz CT molecular complexity index is 627. The zero-order valence-electron chi connectivity index (χ0n) is 13.4. The lowest BCUT2D eigenvalue weighted by molar-refractivity contribution is 0.122. The summed E-state index contributed by atoms with van der Waals surface area (Å²) in [6, 6.07) is 6.38. The minimum absolute atomic E-state index is 0.762. The molecule has 0 spiro atoms. The van der Waals surface area contributed by atoms with Crippen molar-refractivity contribution in [3.05, 3.63) is 36.2 Å². The molecule has 2 aliphatic heterocycles. The molecule has 2 saturated heterocycles. The molecule has 2 aromatic heterocycles. The van der Waals surface area contributed by atoms with E-state index in [2.05, 4.69) is 38.1 Å². The smallest absolute Gasteiger partial charge is 0.150 e. The predicted molar refractivity (Wildman–Crippen MR) is 90.0 cm³/mol. The fourth-order valence-electron chi connectivity index (χ4n) is 3.23. The van der Waals surface area contributed by atoms with Gasteiger partial charge in [-0.25, -0.2) is 4.98 Å². The number of pyridine rings is 1. The van der Waals surface area contributed by atoms with Gasteiger partial charge in [-0.05, 0) is 24.5 Å². The van der Waals surface area contributed by atoms with Crippen LogP contribution in [0.3, 0.4) is 0 Å². The molecule has 0 saturated carbocycles. The Labute approximate surface area is 136 Å². The average Bonchev–Trinajstić information content (AvgIpc) is 3.28.